The van der Waals surface area contributed by atoms with E-state index in [-0.39, 0.29) is 31.5 Å². The van der Waals surface area contributed by atoms with Crippen molar-refractivity contribution in [3.63, 3.8) is 0 Å². The Morgan fingerprint density at radius 3 is 2.42 bits per heavy atom. The third-order valence-electron chi connectivity index (χ3n) is 4.97. The van der Waals surface area contributed by atoms with Crippen molar-refractivity contribution in [2.24, 2.45) is 0 Å². The summed E-state index contributed by atoms with van der Waals surface area (Å²) in [4.78, 5) is 0. The van der Waals surface area contributed by atoms with Gasteiger partial charge in [0.25, 0.3) is 0 Å². The van der Waals surface area contributed by atoms with Gasteiger partial charge in [-0.05, 0) is 18.4 Å². The quantitative estimate of drug-likeness (QED) is 0.800. The molecule has 5 nitrogen and oxygen atoms in total. The summed E-state index contributed by atoms with van der Waals surface area (Å²) in [5.41, 5.74) is 1.07. The highest BCUT2D eigenvalue weighted by Crippen LogP contribution is 2.41. The van der Waals surface area contributed by atoms with Crippen molar-refractivity contribution < 1.29 is 24.4 Å². The number of hydrogen-bond donors (Lipinski definition) is 2. The van der Waals surface area contributed by atoms with Crippen molar-refractivity contribution in [1.82, 2.24) is 0 Å². The molecule has 1 saturated carbocycles. The fourth-order valence-electron chi connectivity index (χ4n) is 3.65. The first-order chi connectivity index (χ1) is 11.7. The van der Waals surface area contributed by atoms with Crippen LogP contribution in [0.5, 0.6) is 0 Å². The van der Waals surface area contributed by atoms with Crippen LogP contribution in [0, 0.1) is 0 Å². The summed E-state index contributed by atoms with van der Waals surface area (Å²) < 4.78 is 18.1. The molecule has 3 atom stereocenters. The SMILES string of the molecule is OC[C@@H](C[C@H]1OC2(CCCCC2)O[C@H]1CO)OCc1ccccc1. The van der Waals surface area contributed by atoms with E-state index in [9.17, 15) is 10.2 Å². The Bertz CT molecular complexity index is 486. The zero-order valence-corrected chi connectivity index (χ0v) is 14.1. The smallest absolute Gasteiger partial charge is 0.169 e. The molecule has 0 aromatic heterocycles. The van der Waals surface area contributed by atoms with E-state index in [1.54, 1.807) is 0 Å². The molecule has 1 aromatic carbocycles. The van der Waals surface area contributed by atoms with Crippen LogP contribution in [0.15, 0.2) is 30.3 Å². The lowest BCUT2D eigenvalue weighted by Gasteiger charge is -2.32. The third kappa shape index (κ3) is 4.35. The maximum absolute atomic E-state index is 9.64. The van der Waals surface area contributed by atoms with Gasteiger partial charge in [0, 0.05) is 19.3 Å². The molecule has 2 fully saturated rings. The van der Waals surface area contributed by atoms with Crippen LogP contribution in [0.2, 0.25) is 0 Å². The molecule has 24 heavy (non-hydrogen) atoms. The summed E-state index contributed by atoms with van der Waals surface area (Å²) >= 11 is 0. The van der Waals surface area contributed by atoms with Crippen molar-refractivity contribution >= 4 is 0 Å². The summed E-state index contributed by atoms with van der Waals surface area (Å²) in [5, 5.41) is 19.3. The number of benzene rings is 1. The minimum Gasteiger partial charge on any atom is -0.394 e. The van der Waals surface area contributed by atoms with Gasteiger partial charge in [-0.15, -0.1) is 0 Å². The first kappa shape index (κ1) is 17.8. The van der Waals surface area contributed by atoms with Crippen molar-refractivity contribution in [2.45, 2.75) is 69.2 Å². The third-order valence-corrected chi connectivity index (χ3v) is 4.97. The molecule has 1 spiro atoms. The van der Waals surface area contributed by atoms with Crippen LogP contribution in [-0.4, -0.2) is 47.5 Å². The molecule has 0 amide bonds. The molecule has 2 N–H and O–H groups in total. The van der Waals surface area contributed by atoms with Crippen molar-refractivity contribution in [1.29, 1.82) is 0 Å². The van der Waals surface area contributed by atoms with Crippen LogP contribution >= 0.6 is 0 Å². The number of aliphatic hydroxyl groups excluding tert-OH is 2. The van der Waals surface area contributed by atoms with Gasteiger partial charge >= 0.3 is 0 Å². The molecule has 1 aromatic rings. The maximum atomic E-state index is 9.64. The fraction of sp³-hybridized carbons (Fsp3) is 0.684. The molecule has 0 unspecified atom stereocenters. The topological polar surface area (TPSA) is 68.2 Å². The van der Waals surface area contributed by atoms with E-state index in [0.717, 1.165) is 31.2 Å². The Hall–Kier alpha value is -0.980. The van der Waals surface area contributed by atoms with Crippen molar-refractivity contribution in [3.05, 3.63) is 35.9 Å². The van der Waals surface area contributed by atoms with E-state index in [4.69, 9.17) is 14.2 Å². The van der Waals surface area contributed by atoms with Gasteiger partial charge in [-0.2, -0.15) is 0 Å². The number of ether oxygens (including phenoxy) is 3. The van der Waals surface area contributed by atoms with E-state index in [2.05, 4.69) is 0 Å². The Labute approximate surface area is 143 Å². The zero-order valence-electron chi connectivity index (χ0n) is 14.1. The van der Waals surface area contributed by atoms with E-state index in [1.807, 2.05) is 30.3 Å². The first-order valence-corrected chi connectivity index (χ1v) is 8.97. The molecule has 1 aliphatic carbocycles. The van der Waals surface area contributed by atoms with Crippen LogP contribution in [-0.2, 0) is 20.8 Å². The predicted octanol–water partition coefficient (Wildman–Crippen LogP) is 2.39. The summed E-state index contributed by atoms with van der Waals surface area (Å²) in [5.74, 6) is -0.532. The molecule has 3 rings (SSSR count). The normalized spacial score (nSPS) is 27.4. The highest BCUT2D eigenvalue weighted by Gasteiger charge is 2.48. The van der Waals surface area contributed by atoms with Crippen molar-refractivity contribution in [3.8, 4) is 0 Å². The monoisotopic (exact) mass is 336 g/mol. The molecule has 2 aliphatic rings. The molecule has 134 valence electrons. The van der Waals surface area contributed by atoms with Crippen LogP contribution < -0.4 is 0 Å². The zero-order chi connectivity index (χ0) is 16.8. The Morgan fingerprint density at radius 2 is 1.75 bits per heavy atom. The van der Waals surface area contributed by atoms with Crippen LogP contribution in [0.4, 0.5) is 0 Å². The Balaban J connectivity index is 1.55. The van der Waals surface area contributed by atoms with Gasteiger partial charge in [0.05, 0.1) is 32.0 Å². The number of aliphatic hydroxyl groups is 2. The van der Waals surface area contributed by atoms with E-state index < -0.39 is 5.79 Å². The number of rotatable bonds is 7. The molecular weight excluding hydrogens is 308 g/mol. The van der Waals surface area contributed by atoms with E-state index in [0.29, 0.717) is 13.0 Å². The second-order valence-corrected chi connectivity index (χ2v) is 6.80. The van der Waals surface area contributed by atoms with Gasteiger partial charge < -0.3 is 24.4 Å². The van der Waals surface area contributed by atoms with Crippen LogP contribution in [0.25, 0.3) is 0 Å². The minimum atomic E-state index is -0.532. The largest absolute Gasteiger partial charge is 0.394 e. The average molecular weight is 336 g/mol. The Kier molecular flexibility index (Phi) is 6.25. The summed E-state index contributed by atoms with van der Waals surface area (Å²) in [6.07, 6.45) is 4.80. The fourth-order valence-corrected chi connectivity index (χ4v) is 3.65. The van der Waals surface area contributed by atoms with Crippen LogP contribution in [0.3, 0.4) is 0 Å². The van der Waals surface area contributed by atoms with Crippen molar-refractivity contribution in [2.75, 3.05) is 13.2 Å². The standard InChI is InChI=1S/C19H28O5/c20-12-16(22-14-15-7-3-1-4-8-15)11-17-18(13-21)24-19(23-17)9-5-2-6-10-19/h1,3-4,7-8,16-18,20-21H,2,5-6,9-14H2/t16-,17-,18+/m1/s1. The molecule has 5 heteroatoms. The lowest BCUT2D eigenvalue weighted by Crippen LogP contribution is -2.34. The molecule has 1 saturated heterocycles. The van der Waals surface area contributed by atoms with Gasteiger partial charge in [0.2, 0.25) is 0 Å². The maximum Gasteiger partial charge on any atom is 0.169 e. The molecule has 1 aliphatic heterocycles. The molecule has 0 radical (unpaired) electrons. The number of hydrogen-bond acceptors (Lipinski definition) is 5. The Morgan fingerprint density at radius 1 is 1.04 bits per heavy atom. The first-order valence-electron chi connectivity index (χ1n) is 8.97. The van der Waals surface area contributed by atoms with E-state index in [1.165, 1.54) is 6.42 Å². The molecule has 1 heterocycles. The van der Waals surface area contributed by atoms with Gasteiger partial charge in [-0.25, -0.2) is 0 Å². The molecule has 0 bridgehead atoms. The second-order valence-electron chi connectivity index (χ2n) is 6.80. The minimum absolute atomic E-state index is 0.0662. The van der Waals surface area contributed by atoms with Gasteiger partial charge in [0.15, 0.2) is 5.79 Å². The second kappa shape index (κ2) is 8.41. The van der Waals surface area contributed by atoms with Crippen LogP contribution in [0.1, 0.15) is 44.1 Å². The summed E-state index contributed by atoms with van der Waals surface area (Å²) in [7, 11) is 0. The molecular formula is C19H28O5. The lowest BCUT2D eigenvalue weighted by molar-refractivity contribution is -0.198. The summed E-state index contributed by atoms with van der Waals surface area (Å²) in [6, 6.07) is 9.89. The van der Waals surface area contributed by atoms with Gasteiger partial charge in [-0.3, -0.25) is 0 Å². The van der Waals surface area contributed by atoms with E-state index >= 15 is 0 Å². The average Bonchev–Trinajstić information content (AvgIpc) is 2.96. The lowest BCUT2D eigenvalue weighted by atomic mass is 9.94. The highest BCUT2D eigenvalue weighted by molar-refractivity contribution is 5.13. The summed E-state index contributed by atoms with van der Waals surface area (Å²) in [6.45, 7) is 0.315. The van der Waals surface area contributed by atoms with Gasteiger partial charge in [0.1, 0.15) is 6.10 Å². The highest BCUT2D eigenvalue weighted by atomic mass is 16.8. The predicted molar refractivity (Wildman–Crippen MR) is 89.4 cm³/mol. The van der Waals surface area contributed by atoms with Gasteiger partial charge in [-0.1, -0.05) is 36.8 Å².